The molecule has 2 amide bonds. The van der Waals surface area contributed by atoms with Crippen molar-refractivity contribution in [1.82, 2.24) is 4.90 Å². The van der Waals surface area contributed by atoms with Crippen LogP contribution in [0.5, 0.6) is 0 Å². The van der Waals surface area contributed by atoms with Crippen molar-refractivity contribution in [3.8, 4) is 0 Å². The fourth-order valence-electron chi connectivity index (χ4n) is 3.45. The van der Waals surface area contributed by atoms with Gasteiger partial charge in [0, 0.05) is 43.1 Å². The Hall–Kier alpha value is -2.89. The third kappa shape index (κ3) is 4.10. The Morgan fingerprint density at radius 1 is 1.15 bits per heavy atom. The van der Waals surface area contributed by atoms with E-state index in [2.05, 4.69) is 5.32 Å². The molecule has 2 aromatic carbocycles. The zero-order valence-electron chi connectivity index (χ0n) is 15.9. The Kier molecular flexibility index (Phi) is 5.44. The molecule has 5 nitrogen and oxygen atoms in total. The highest BCUT2D eigenvalue weighted by atomic mass is 19.1. The van der Waals surface area contributed by atoms with Crippen LogP contribution in [0.15, 0.2) is 36.4 Å². The van der Waals surface area contributed by atoms with Crippen molar-refractivity contribution >= 4 is 23.2 Å². The van der Waals surface area contributed by atoms with Gasteiger partial charge >= 0.3 is 0 Å². The van der Waals surface area contributed by atoms with Crippen LogP contribution in [0.3, 0.4) is 0 Å². The van der Waals surface area contributed by atoms with Crippen LogP contribution in [-0.2, 0) is 11.2 Å². The van der Waals surface area contributed by atoms with Crippen LogP contribution >= 0.6 is 0 Å². The van der Waals surface area contributed by atoms with E-state index < -0.39 is 0 Å². The van der Waals surface area contributed by atoms with Crippen molar-refractivity contribution in [3.63, 3.8) is 0 Å². The molecule has 0 aliphatic carbocycles. The minimum absolute atomic E-state index is 0.0877. The van der Waals surface area contributed by atoms with E-state index in [1.807, 2.05) is 11.8 Å². The number of hydrogen-bond acceptors (Lipinski definition) is 3. The van der Waals surface area contributed by atoms with E-state index in [1.54, 1.807) is 44.4 Å². The van der Waals surface area contributed by atoms with Crippen LogP contribution < -0.4 is 10.2 Å². The van der Waals surface area contributed by atoms with Crippen molar-refractivity contribution in [3.05, 3.63) is 58.9 Å². The van der Waals surface area contributed by atoms with Crippen molar-refractivity contribution < 1.29 is 14.0 Å². The van der Waals surface area contributed by atoms with Gasteiger partial charge in [0.25, 0.3) is 5.91 Å². The molecule has 2 aromatic rings. The normalized spacial score (nSPS) is 13.1. The summed E-state index contributed by atoms with van der Waals surface area (Å²) < 4.78 is 14.1. The van der Waals surface area contributed by atoms with E-state index in [4.69, 9.17) is 0 Å². The lowest BCUT2D eigenvalue weighted by Gasteiger charge is -2.32. The van der Waals surface area contributed by atoms with Gasteiger partial charge in [0.05, 0.1) is 6.54 Å². The van der Waals surface area contributed by atoms with Crippen molar-refractivity contribution in [2.75, 3.05) is 37.4 Å². The molecule has 1 heterocycles. The standard InChI is InChI=1S/C21H24FN3O2/c1-14-6-11-18(22)17-5-4-12-25(20(14)17)13-19(26)23-16-9-7-15(8-10-16)21(27)24(2)3/h6-11H,4-5,12-13H2,1-3H3,(H,23,26). The predicted molar refractivity (Wildman–Crippen MR) is 105 cm³/mol. The number of amides is 2. The van der Waals surface area contributed by atoms with Crippen LogP contribution in [-0.4, -0.2) is 43.9 Å². The van der Waals surface area contributed by atoms with Crippen LogP contribution in [0.25, 0.3) is 0 Å². The number of fused-ring (bicyclic) bond motifs is 1. The van der Waals surface area contributed by atoms with E-state index in [0.29, 0.717) is 23.2 Å². The molecule has 0 saturated heterocycles. The highest BCUT2D eigenvalue weighted by Gasteiger charge is 2.23. The van der Waals surface area contributed by atoms with Crippen molar-refractivity contribution in [2.24, 2.45) is 0 Å². The summed E-state index contributed by atoms with van der Waals surface area (Å²) in [6, 6.07) is 10.0. The number of carbonyl (C=O) groups is 2. The van der Waals surface area contributed by atoms with Gasteiger partial charge in [-0.2, -0.15) is 0 Å². The van der Waals surface area contributed by atoms with E-state index >= 15 is 0 Å². The Balaban J connectivity index is 1.69. The molecule has 0 radical (unpaired) electrons. The van der Waals surface area contributed by atoms with Gasteiger partial charge < -0.3 is 15.1 Å². The second kappa shape index (κ2) is 7.78. The maximum atomic E-state index is 14.1. The lowest BCUT2D eigenvalue weighted by molar-refractivity contribution is -0.115. The second-order valence-electron chi connectivity index (χ2n) is 7.04. The number of benzene rings is 2. The largest absolute Gasteiger partial charge is 0.362 e. The highest BCUT2D eigenvalue weighted by molar-refractivity contribution is 5.96. The number of nitrogens with one attached hydrogen (secondary N) is 1. The Labute approximate surface area is 158 Å². The number of aryl methyl sites for hydroxylation is 1. The van der Waals surface area contributed by atoms with Gasteiger partial charge in [-0.25, -0.2) is 4.39 Å². The third-order valence-corrected chi connectivity index (χ3v) is 4.75. The van der Waals surface area contributed by atoms with E-state index in [0.717, 1.165) is 24.2 Å². The zero-order chi connectivity index (χ0) is 19.6. The quantitative estimate of drug-likeness (QED) is 0.900. The summed E-state index contributed by atoms with van der Waals surface area (Å²) in [7, 11) is 3.39. The van der Waals surface area contributed by atoms with Crippen LogP contribution in [0.1, 0.15) is 27.9 Å². The average Bonchev–Trinajstić information content (AvgIpc) is 2.64. The van der Waals surface area contributed by atoms with Crippen LogP contribution in [0.2, 0.25) is 0 Å². The first-order valence-electron chi connectivity index (χ1n) is 9.01. The molecule has 0 aromatic heterocycles. The first kappa shape index (κ1) is 18.9. The molecule has 0 unspecified atom stereocenters. The highest BCUT2D eigenvalue weighted by Crippen LogP contribution is 2.32. The lowest BCUT2D eigenvalue weighted by atomic mass is 9.97. The molecular formula is C21H24FN3O2. The van der Waals surface area contributed by atoms with E-state index in [9.17, 15) is 14.0 Å². The smallest absolute Gasteiger partial charge is 0.253 e. The van der Waals surface area contributed by atoms with Crippen molar-refractivity contribution in [1.29, 1.82) is 0 Å². The fraction of sp³-hybridized carbons (Fsp3) is 0.333. The van der Waals surface area contributed by atoms with Crippen molar-refractivity contribution in [2.45, 2.75) is 19.8 Å². The Morgan fingerprint density at radius 3 is 2.52 bits per heavy atom. The summed E-state index contributed by atoms with van der Waals surface area (Å²) in [5.41, 5.74) is 3.70. The third-order valence-electron chi connectivity index (χ3n) is 4.75. The zero-order valence-corrected chi connectivity index (χ0v) is 15.9. The Bertz CT molecular complexity index is 862. The summed E-state index contributed by atoms with van der Waals surface area (Å²) in [4.78, 5) is 27.9. The van der Waals surface area contributed by atoms with Gasteiger partial charge in [0.1, 0.15) is 5.82 Å². The fourth-order valence-corrected chi connectivity index (χ4v) is 3.45. The molecule has 142 valence electrons. The first-order chi connectivity index (χ1) is 12.9. The topological polar surface area (TPSA) is 52.7 Å². The summed E-state index contributed by atoms with van der Waals surface area (Å²) >= 11 is 0. The predicted octanol–water partition coefficient (Wildman–Crippen LogP) is 3.23. The summed E-state index contributed by atoms with van der Waals surface area (Å²) in [5.74, 6) is -0.463. The molecule has 3 rings (SSSR count). The Morgan fingerprint density at radius 2 is 1.85 bits per heavy atom. The molecule has 1 aliphatic rings. The first-order valence-corrected chi connectivity index (χ1v) is 9.01. The molecule has 0 fully saturated rings. The summed E-state index contributed by atoms with van der Waals surface area (Å²) in [6.45, 7) is 2.83. The number of halogens is 1. The number of anilines is 2. The molecule has 0 atom stereocenters. The minimum Gasteiger partial charge on any atom is -0.362 e. The molecule has 0 spiro atoms. The van der Waals surface area contributed by atoms with Gasteiger partial charge in [-0.15, -0.1) is 0 Å². The summed E-state index contributed by atoms with van der Waals surface area (Å²) in [6.07, 6.45) is 1.52. The molecule has 6 heteroatoms. The maximum Gasteiger partial charge on any atom is 0.253 e. The second-order valence-corrected chi connectivity index (χ2v) is 7.04. The monoisotopic (exact) mass is 369 g/mol. The van der Waals surface area contributed by atoms with Gasteiger partial charge in [0.15, 0.2) is 0 Å². The molecule has 27 heavy (non-hydrogen) atoms. The maximum absolute atomic E-state index is 14.1. The minimum atomic E-state index is -0.207. The summed E-state index contributed by atoms with van der Waals surface area (Å²) in [5, 5.41) is 2.85. The van der Waals surface area contributed by atoms with Gasteiger partial charge in [0.2, 0.25) is 5.91 Å². The average molecular weight is 369 g/mol. The van der Waals surface area contributed by atoms with Gasteiger partial charge in [-0.05, 0) is 55.7 Å². The van der Waals surface area contributed by atoms with E-state index in [-0.39, 0.29) is 24.2 Å². The number of carbonyl (C=O) groups excluding carboxylic acids is 2. The lowest BCUT2D eigenvalue weighted by Crippen LogP contribution is -2.37. The molecule has 0 saturated carbocycles. The molecule has 1 N–H and O–H groups in total. The van der Waals surface area contributed by atoms with E-state index in [1.165, 1.54) is 11.0 Å². The molecule has 0 bridgehead atoms. The van der Waals surface area contributed by atoms with Gasteiger partial charge in [-0.3, -0.25) is 9.59 Å². The molecule has 1 aliphatic heterocycles. The van der Waals surface area contributed by atoms with Crippen LogP contribution in [0, 0.1) is 12.7 Å². The SMILES string of the molecule is Cc1ccc(F)c2c1N(CC(=O)Nc1ccc(C(=O)N(C)C)cc1)CCC2. The number of nitrogens with zero attached hydrogens (tertiary/aromatic N) is 2. The number of hydrogen-bond donors (Lipinski definition) is 1. The van der Waals surface area contributed by atoms with Crippen LogP contribution in [0.4, 0.5) is 15.8 Å². The number of rotatable bonds is 4. The van der Waals surface area contributed by atoms with Gasteiger partial charge in [-0.1, -0.05) is 6.07 Å². The molecular weight excluding hydrogens is 345 g/mol.